The second-order valence-corrected chi connectivity index (χ2v) is 6.77. The predicted molar refractivity (Wildman–Crippen MR) is 102 cm³/mol. The van der Waals surface area contributed by atoms with Crippen LogP contribution in [0.2, 0.25) is 0 Å². The Balaban J connectivity index is 1.66. The van der Waals surface area contributed by atoms with Crippen LogP contribution >= 0.6 is 0 Å². The number of carbonyl (C=O) groups excluding carboxylic acids is 1. The summed E-state index contributed by atoms with van der Waals surface area (Å²) in [6.07, 6.45) is 6.16. The van der Waals surface area contributed by atoms with E-state index in [9.17, 15) is 4.79 Å². The van der Waals surface area contributed by atoms with Crippen molar-refractivity contribution in [3.63, 3.8) is 0 Å². The molecule has 2 heterocycles. The fraction of sp³-hybridized carbons (Fsp3) is 0.429. The van der Waals surface area contributed by atoms with E-state index in [1.807, 2.05) is 35.2 Å². The van der Waals surface area contributed by atoms with Crippen LogP contribution in [0.3, 0.4) is 0 Å². The maximum absolute atomic E-state index is 12.8. The van der Waals surface area contributed by atoms with Gasteiger partial charge in [0, 0.05) is 24.8 Å². The van der Waals surface area contributed by atoms with Gasteiger partial charge in [0.25, 0.3) is 5.91 Å². The van der Waals surface area contributed by atoms with Gasteiger partial charge >= 0.3 is 0 Å². The maximum Gasteiger partial charge on any atom is 0.255 e. The number of amides is 1. The van der Waals surface area contributed by atoms with Gasteiger partial charge in [0.2, 0.25) is 0 Å². The number of benzene rings is 1. The van der Waals surface area contributed by atoms with E-state index in [0.29, 0.717) is 11.6 Å². The van der Waals surface area contributed by atoms with Crippen molar-refractivity contribution in [3.05, 3.63) is 59.8 Å². The summed E-state index contributed by atoms with van der Waals surface area (Å²) in [5, 5.41) is 3.39. The molecule has 1 aromatic heterocycles. The standard InChI is InChI=1S/C21H27N3O/c1-3-19-11-7-8-14-24(19)21(25)18-12-13-20(22-15-18)23-16(2)17-9-5-4-6-10-17/h4-6,9-10,12-13,15-16,19H,3,7-8,11,14H2,1-2H3,(H,22,23). The molecule has 2 unspecified atom stereocenters. The van der Waals surface area contributed by atoms with Crippen molar-refractivity contribution in [3.8, 4) is 0 Å². The smallest absolute Gasteiger partial charge is 0.255 e. The number of nitrogens with one attached hydrogen (secondary N) is 1. The molecule has 1 amide bonds. The Labute approximate surface area is 150 Å². The highest BCUT2D eigenvalue weighted by Gasteiger charge is 2.26. The minimum absolute atomic E-state index is 0.113. The highest BCUT2D eigenvalue weighted by Crippen LogP contribution is 2.22. The number of anilines is 1. The number of nitrogens with zero attached hydrogens (tertiary/aromatic N) is 2. The summed E-state index contributed by atoms with van der Waals surface area (Å²) in [6.45, 7) is 5.13. The lowest BCUT2D eigenvalue weighted by molar-refractivity contribution is 0.0607. The highest BCUT2D eigenvalue weighted by atomic mass is 16.2. The molecule has 1 N–H and O–H groups in total. The van der Waals surface area contributed by atoms with Gasteiger partial charge in [-0.1, -0.05) is 37.3 Å². The number of aromatic nitrogens is 1. The fourth-order valence-corrected chi connectivity index (χ4v) is 3.51. The molecule has 1 aliphatic heterocycles. The summed E-state index contributed by atoms with van der Waals surface area (Å²) in [6, 6.07) is 14.6. The van der Waals surface area contributed by atoms with Gasteiger partial charge < -0.3 is 10.2 Å². The molecule has 0 bridgehead atoms. The Morgan fingerprint density at radius 2 is 2.04 bits per heavy atom. The Bertz CT molecular complexity index is 684. The molecule has 1 saturated heterocycles. The average Bonchev–Trinajstić information content (AvgIpc) is 2.68. The third-order valence-electron chi connectivity index (χ3n) is 5.03. The van der Waals surface area contributed by atoms with Crippen molar-refractivity contribution in [2.45, 2.75) is 51.6 Å². The highest BCUT2D eigenvalue weighted by molar-refractivity contribution is 5.94. The SMILES string of the molecule is CCC1CCCCN1C(=O)c1ccc(NC(C)c2ccccc2)nc1. The van der Waals surface area contributed by atoms with Crippen molar-refractivity contribution in [2.75, 3.05) is 11.9 Å². The van der Waals surface area contributed by atoms with Crippen molar-refractivity contribution in [2.24, 2.45) is 0 Å². The zero-order valence-corrected chi connectivity index (χ0v) is 15.1. The zero-order chi connectivity index (χ0) is 17.6. The van der Waals surface area contributed by atoms with Gasteiger partial charge in [-0.3, -0.25) is 4.79 Å². The molecule has 0 spiro atoms. The van der Waals surface area contributed by atoms with Gasteiger partial charge in [-0.05, 0) is 50.3 Å². The molecule has 2 aromatic rings. The van der Waals surface area contributed by atoms with Crippen molar-refractivity contribution >= 4 is 11.7 Å². The molecule has 0 radical (unpaired) electrons. The van der Waals surface area contributed by atoms with E-state index in [1.165, 1.54) is 12.0 Å². The van der Waals surface area contributed by atoms with Crippen molar-refractivity contribution in [1.29, 1.82) is 0 Å². The van der Waals surface area contributed by atoms with Crippen LogP contribution in [0.1, 0.15) is 61.5 Å². The summed E-state index contributed by atoms with van der Waals surface area (Å²) in [7, 11) is 0. The largest absolute Gasteiger partial charge is 0.364 e. The van der Waals surface area contributed by atoms with Gasteiger partial charge in [-0.2, -0.15) is 0 Å². The number of likely N-dealkylation sites (tertiary alicyclic amines) is 1. The zero-order valence-electron chi connectivity index (χ0n) is 15.1. The van der Waals surface area contributed by atoms with E-state index in [2.05, 4.69) is 36.3 Å². The summed E-state index contributed by atoms with van der Waals surface area (Å²) in [5.74, 6) is 0.903. The van der Waals surface area contributed by atoms with Gasteiger partial charge in [0.1, 0.15) is 5.82 Å². The first-order valence-electron chi connectivity index (χ1n) is 9.27. The molecule has 1 fully saturated rings. The van der Waals surface area contributed by atoms with Crippen LogP contribution in [-0.2, 0) is 0 Å². The molecule has 25 heavy (non-hydrogen) atoms. The van der Waals surface area contributed by atoms with E-state index in [-0.39, 0.29) is 11.9 Å². The monoisotopic (exact) mass is 337 g/mol. The lowest BCUT2D eigenvalue weighted by Crippen LogP contribution is -2.43. The molecule has 4 heteroatoms. The van der Waals surface area contributed by atoms with E-state index < -0.39 is 0 Å². The summed E-state index contributed by atoms with van der Waals surface area (Å²) < 4.78 is 0. The van der Waals surface area contributed by atoms with E-state index >= 15 is 0 Å². The number of rotatable bonds is 5. The van der Waals surface area contributed by atoms with Crippen LogP contribution in [0, 0.1) is 0 Å². The summed E-state index contributed by atoms with van der Waals surface area (Å²) >= 11 is 0. The first kappa shape index (κ1) is 17.5. The quantitative estimate of drug-likeness (QED) is 0.863. The molecule has 3 rings (SSSR count). The Hall–Kier alpha value is -2.36. The molecule has 1 aliphatic rings. The Kier molecular flexibility index (Phi) is 5.69. The second kappa shape index (κ2) is 8.15. The number of carbonyl (C=O) groups is 1. The topological polar surface area (TPSA) is 45.2 Å². The lowest BCUT2D eigenvalue weighted by atomic mass is 9.99. The number of hydrogen-bond donors (Lipinski definition) is 1. The first-order valence-corrected chi connectivity index (χ1v) is 9.27. The number of piperidine rings is 1. The molecule has 0 saturated carbocycles. The molecule has 132 valence electrons. The first-order chi connectivity index (χ1) is 12.2. The lowest BCUT2D eigenvalue weighted by Gasteiger charge is -2.35. The molecule has 4 nitrogen and oxygen atoms in total. The molecular formula is C21H27N3O. The van der Waals surface area contributed by atoms with Crippen LogP contribution in [0.4, 0.5) is 5.82 Å². The average molecular weight is 337 g/mol. The third-order valence-corrected chi connectivity index (χ3v) is 5.03. The molecule has 1 aromatic carbocycles. The van der Waals surface area contributed by atoms with Crippen LogP contribution < -0.4 is 5.32 Å². The maximum atomic E-state index is 12.8. The Morgan fingerprint density at radius 1 is 1.24 bits per heavy atom. The van der Waals surface area contributed by atoms with Gasteiger partial charge in [0.05, 0.1) is 5.56 Å². The third kappa shape index (κ3) is 4.19. The van der Waals surface area contributed by atoms with Crippen LogP contribution in [0.5, 0.6) is 0 Å². The van der Waals surface area contributed by atoms with E-state index in [4.69, 9.17) is 0 Å². The predicted octanol–water partition coefficient (Wildman–Crippen LogP) is 4.66. The summed E-state index contributed by atoms with van der Waals surface area (Å²) in [5.41, 5.74) is 1.89. The normalized spacial score (nSPS) is 18.6. The molecule has 0 aliphatic carbocycles. The van der Waals surface area contributed by atoms with Crippen LogP contribution in [0.25, 0.3) is 0 Å². The van der Waals surface area contributed by atoms with Gasteiger partial charge in [0.15, 0.2) is 0 Å². The number of pyridine rings is 1. The van der Waals surface area contributed by atoms with E-state index in [1.54, 1.807) is 6.20 Å². The van der Waals surface area contributed by atoms with Crippen molar-refractivity contribution in [1.82, 2.24) is 9.88 Å². The second-order valence-electron chi connectivity index (χ2n) is 6.77. The van der Waals surface area contributed by atoms with Gasteiger partial charge in [-0.25, -0.2) is 4.98 Å². The number of hydrogen-bond acceptors (Lipinski definition) is 3. The minimum Gasteiger partial charge on any atom is -0.364 e. The minimum atomic E-state index is 0.113. The van der Waals surface area contributed by atoms with E-state index in [0.717, 1.165) is 31.6 Å². The van der Waals surface area contributed by atoms with Gasteiger partial charge in [-0.15, -0.1) is 0 Å². The molecular weight excluding hydrogens is 310 g/mol. The van der Waals surface area contributed by atoms with Crippen LogP contribution in [-0.4, -0.2) is 28.4 Å². The fourth-order valence-electron chi connectivity index (χ4n) is 3.51. The summed E-state index contributed by atoms with van der Waals surface area (Å²) in [4.78, 5) is 19.3. The molecule has 2 atom stereocenters. The Morgan fingerprint density at radius 3 is 2.72 bits per heavy atom. The van der Waals surface area contributed by atoms with Crippen LogP contribution in [0.15, 0.2) is 48.7 Å². The van der Waals surface area contributed by atoms with Crippen molar-refractivity contribution < 1.29 is 4.79 Å².